The molecule has 1 heterocycles. The van der Waals surface area contributed by atoms with Gasteiger partial charge in [-0.05, 0) is 30.7 Å². The largest absolute Gasteiger partial charge is 0.314 e. The molecule has 0 amide bonds. The van der Waals surface area contributed by atoms with Crippen LogP contribution in [0.25, 0.3) is 0 Å². The molecule has 1 aromatic rings. The molecule has 2 rings (SSSR count). The number of hydrogen-bond donors (Lipinski definition) is 1. The first-order chi connectivity index (χ1) is 9.09. The number of rotatable bonds is 5. The third kappa shape index (κ3) is 4.05. The summed E-state index contributed by atoms with van der Waals surface area (Å²) in [5.74, 6) is 0. The molecule has 0 aliphatic carbocycles. The molecule has 0 aromatic heterocycles. The summed E-state index contributed by atoms with van der Waals surface area (Å²) in [6, 6.07) is 11.6. The fourth-order valence-corrected chi connectivity index (χ4v) is 2.91. The molecule has 0 radical (unpaired) electrons. The van der Waals surface area contributed by atoms with Crippen molar-refractivity contribution in [3.63, 3.8) is 0 Å². The van der Waals surface area contributed by atoms with E-state index in [0.717, 1.165) is 13.1 Å². The van der Waals surface area contributed by atoms with Crippen LogP contribution in [0.3, 0.4) is 0 Å². The van der Waals surface area contributed by atoms with Crippen molar-refractivity contribution in [2.75, 3.05) is 26.2 Å². The molecule has 1 atom stereocenters. The van der Waals surface area contributed by atoms with Gasteiger partial charge >= 0.3 is 0 Å². The van der Waals surface area contributed by atoms with Crippen LogP contribution in [0.5, 0.6) is 0 Å². The Morgan fingerprint density at radius 2 is 1.79 bits per heavy atom. The van der Waals surface area contributed by atoms with Crippen LogP contribution in [0, 0.1) is 0 Å². The van der Waals surface area contributed by atoms with Crippen LogP contribution < -0.4 is 5.32 Å². The number of benzene rings is 1. The minimum absolute atomic E-state index is 0.281. The quantitative estimate of drug-likeness (QED) is 0.875. The molecular formula is C17H28N2. The molecule has 1 saturated heterocycles. The highest BCUT2D eigenvalue weighted by Gasteiger charge is 2.23. The van der Waals surface area contributed by atoms with Crippen LogP contribution in [0.4, 0.5) is 0 Å². The maximum atomic E-state index is 3.43. The topological polar surface area (TPSA) is 15.3 Å². The SMILES string of the molecule is CC(CCC(C)(C)c1ccccc1)N1CCNCC1. The predicted molar refractivity (Wildman–Crippen MR) is 82.6 cm³/mol. The summed E-state index contributed by atoms with van der Waals surface area (Å²) in [6.45, 7) is 11.8. The average Bonchev–Trinajstić information content (AvgIpc) is 2.47. The summed E-state index contributed by atoms with van der Waals surface area (Å²) >= 11 is 0. The molecule has 0 saturated carbocycles. The maximum Gasteiger partial charge on any atom is 0.0110 e. The lowest BCUT2D eigenvalue weighted by Gasteiger charge is -2.35. The highest BCUT2D eigenvalue weighted by Crippen LogP contribution is 2.29. The standard InChI is InChI=1S/C17H28N2/c1-15(19-13-11-18-12-14-19)9-10-17(2,3)16-7-5-4-6-8-16/h4-8,15,18H,9-14H2,1-3H3. The molecule has 1 aliphatic rings. The zero-order valence-electron chi connectivity index (χ0n) is 12.7. The van der Waals surface area contributed by atoms with Crippen molar-refractivity contribution in [2.24, 2.45) is 0 Å². The van der Waals surface area contributed by atoms with Crippen molar-refractivity contribution >= 4 is 0 Å². The van der Waals surface area contributed by atoms with E-state index in [0.29, 0.717) is 6.04 Å². The predicted octanol–water partition coefficient (Wildman–Crippen LogP) is 3.04. The van der Waals surface area contributed by atoms with Crippen molar-refractivity contribution in [1.82, 2.24) is 10.2 Å². The molecule has 2 heteroatoms. The smallest absolute Gasteiger partial charge is 0.0110 e. The molecule has 106 valence electrons. The fraction of sp³-hybridized carbons (Fsp3) is 0.647. The second kappa shape index (κ2) is 6.53. The van der Waals surface area contributed by atoms with E-state index in [1.54, 1.807) is 0 Å². The molecule has 1 aliphatic heterocycles. The molecule has 1 unspecified atom stereocenters. The van der Waals surface area contributed by atoms with Crippen molar-refractivity contribution < 1.29 is 0 Å². The van der Waals surface area contributed by atoms with Crippen LogP contribution in [0.15, 0.2) is 30.3 Å². The molecular weight excluding hydrogens is 232 g/mol. The first-order valence-electron chi connectivity index (χ1n) is 7.60. The molecule has 0 spiro atoms. The summed E-state index contributed by atoms with van der Waals surface area (Å²) < 4.78 is 0. The van der Waals surface area contributed by atoms with Gasteiger partial charge in [0.2, 0.25) is 0 Å². The lowest BCUT2D eigenvalue weighted by Crippen LogP contribution is -2.47. The van der Waals surface area contributed by atoms with Gasteiger partial charge in [0.05, 0.1) is 0 Å². The van der Waals surface area contributed by atoms with Gasteiger partial charge < -0.3 is 5.32 Å². The zero-order valence-corrected chi connectivity index (χ0v) is 12.7. The van der Waals surface area contributed by atoms with Crippen molar-refractivity contribution in [1.29, 1.82) is 0 Å². The lowest BCUT2D eigenvalue weighted by atomic mass is 9.79. The van der Waals surface area contributed by atoms with Crippen LogP contribution in [0.2, 0.25) is 0 Å². The van der Waals surface area contributed by atoms with Gasteiger partial charge in [-0.2, -0.15) is 0 Å². The Kier molecular flexibility index (Phi) is 5.00. The Balaban J connectivity index is 1.86. The van der Waals surface area contributed by atoms with E-state index < -0.39 is 0 Å². The second-order valence-electron chi connectivity index (χ2n) is 6.42. The van der Waals surface area contributed by atoms with Gasteiger partial charge in [-0.1, -0.05) is 44.2 Å². The third-order valence-electron chi connectivity index (χ3n) is 4.52. The summed E-state index contributed by atoms with van der Waals surface area (Å²) in [5.41, 5.74) is 1.74. The normalized spacial score (nSPS) is 19.3. The summed E-state index contributed by atoms with van der Waals surface area (Å²) in [5, 5.41) is 3.43. The van der Waals surface area contributed by atoms with E-state index in [4.69, 9.17) is 0 Å². The summed E-state index contributed by atoms with van der Waals surface area (Å²) in [6.07, 6.45) is 2.53. The monoisotopic (exact) mass is 260 g/mol. The van der Waals surface area contributed by atoms with Crippen molar-refractivity contribution in [2.45, 2.75) is 45.1 Å². The van der Waals surface area contributed by atoms with Gasteiger partial charge in [0.1, 0.15) is 0 Å². The highest BCUT2D eigenvalue weighted by atomic mass is 15.2. The van der Waals surface area contributed by atoms with E-state index in [1.807, 2.05) is 0 Å². The van der Waals surface area contributed by atoms with Gasteiger partial charge in [-0.15, -0.1) is 0 Å². The average molecular weight is 260 g/mol. The van der Waals surface area contributed by atoms with Crippen LogP contribution in [-0.2, 0) is 5.41 Å². The van der Waals surface area contributed by atoms with Crippen LogP contribution >= 0.6 is 0 Å². The first kappa shape index (κ1) is 14.5. The van der Waals surface area contributed by atoms with Gasteiger partial charge in [-0.25, -0.2) is 0 Å². The zero-order chi connectivity index (χ0) is 13.7. The van der Waals surface area contributed by atoms with Crippen molar-refractivity contribution in [3.05, 3.63) is 35.9 Å². The van der Waals surface area contributed by atoms with Gasteiger partial charge in [0.15, 0.2) is 0 Å². The van der Waals surface area contributed by atoms with E-state index in [-0.39, 0.29) is 5.41 Å². The lowest BCUT2D eigenvalue weighted by molar-refractivity contribution is 0.168. The Hall–Kier alpha value is -0.860. The maximum absolute atomic E-state index is 3.43. The molecule has 1 fully saturated rings. The number of nitrogens with one attached hydrogen (secondary N) is 1. The molecule has 0 bridgehead atoms. The summed E-state index contributed by atoms with van der Waals surface area (Å²) in [7, 11) is 0. The van der Waals surface area contributed by atoms with Gasteiger partial charge in [-0.3, -0.25) is 4.90 Å². The van der Waals surface area contributed by atoms with Crippen LogP contribution in [-0.4, -0.2) is 37.1 Å². The number of piperazine rings is 1. The summed E-state index contributed by atoms with van der Waals surface area (Å²) in [4.78, 5) is 2.62. The Labute approximate surface area is 118 Å². The first-order valence-corrected chi connectivity index (χ1v) is 7.60. The Morgan fingerprint density at radius 3 is 2.42 bits per heavy atom. The Bertz CT molecular complexity index is 366. The van der Waals surface area contributed by atoms with E-state index in [9.17, 15) is 0 Å². The fourth-order valence-electron chi connectivity index (χ4n) is 2.91. The van der Waals surface area contributed by atoms with E-state index in [2.05, 4.69) is 61.3 Å². The van der Waals surface area contributed by atoms with E-state index in [1.165, 1.54) is 31.5 Å². The minimum Gasteiger partial charge on any atom is -0.314 e. The van der Waals surface area contributed by atoms with Gasteiger partial charge in [0, 0.05) is 32.2 Å². The number of hydrogen-bond acceptors (Lipinski definition) is 2. The second-order valence-corrected chi connectivity index (χ2v) is 6.42. The molecule has 1 N–H and O–H groups in total. The Morgan fingerprint density at radius 1 is 1.16 bits per heavy atom. The highest BCUT2D eigenvalue weighted by molar-refractivity contribution is 5.23. The van der Waals surface area contributed by atoms with Gasteiger partial charge in [0.25, 0.3) is 0 Å². The van der Waals surface area contributed by atoms with Crippen molar-refractivity contribution in [3.8, 4) is 0 Å². The minimum atomic E-state index is 0.281. The third-order valence-corrected chi connectivity index (χ3v) is 4.52. The molecule has 2 nitrogen and oxygen atoms in total. The molecule has 1 aromatic carbocycles. The van der Waals surface area contributed by atoms with E-state index >= 15 is 0 Å². The number of nitrogens with zero attached hydrogens (tertiary/aromatic N) is 1. The molecule has 19 heavy (non-hydrogen) atoms. The van der Waals surface area contributed by atoms with Crippen LogP contribution in [0.1, 0.15) is 39.2 Å².